The third-order valence-corrected chi connectivity index (χ3v) is 5.79. The highest BCUT2D eigenvalue weighted by Crippen LogP contribution is 2.34. The Hall–Kier alpha value is -2.99. The number of aromatic carboxylic acids is 1. The lowest BCUT2D eigenvalue weighted by molar-refractivity contribution is 0.0691. The molecule has 0 bridgehead atoms. The van der Waals surface area contributed by atoms with Gasteiger partial charge in [0.1, 0.15) is 0 Å². The summed E-state index contributed by atoms with van der Waals surface area (Å²) in [4.78, 5) is 20.5. The molecular weight excluding hydrogens is 378 g/mol. The van der Waals surface area contributed by atoms with Crippen LogP contribution in [0.2, 0.25) is 0 Å². The van der Waals surface area contributed by atoms with E-state index in [1.807, 2.05) is 6.92 Å². The molecule has 1 aromatic carbocycles. The van der Waals surface area contributed by atoms with E-state index in [2.05, 4.69) is 42.3 Å². The Morgan fingerprint density at radius 2 is 2.13 bits per heavy atom. The van der Waals surface area contributed by atoms with Gasteiger partial charge in [0, 0.05) is 35.8 Å². The van der Waals surface area contributed by atoms with Crippen LogP contribution >= 0.6 is 0 Å². The van der Waals surface area contributed by atoms with Gasteiger partial charge in [-0.25, -0.2) is 9.78 Å². The van der Waals surface area contributed by atoms with Gasteiger partial charge in [-0.2, -0.15) is 0 Å². The van der Waals surface area contributed by atoms with Crippen molar-refractivity contribution in [2.75, 3.05) is 18.5 Å². The summed E-state index contributed by atoms with van der Waals surface area (Å²) in [6, 6.07) is 9.88. The number of fused-ring (bicyclic) bond motifs is 1. The Labute approximate surface area is 176 Å². The Morgan fingerprint density at radius 3 is 2.87 bits per heavy atom. The molecule has 0 spiro atoms. The van der Waals surface area contributed by atoms with Crippen LogP contribution in [0.4, 0.5) is 5.69 Å². The van der Waals surface area contributed by atoms with Crippen LogP contribution in [-0.2, 0) is 4.74 Å². The molecule has 0 unspecified atom stereocenters. The summed E-state index contributed by atoms with van der Waals surface area (Å²) in [7, 11) is 0. The van der Waals surface area contributed by atoms with E-state index < -0.39 is 5.97 Å². The molecule has 3 heterocycles. The van der Waals surface area contributed by atoms with Gasteiger partial charge in [-0.3, -0.25) is 4.98 Å². The fourth-order valence-corrected chi connectivity index (χ4v) is 4.32. The second-order valence-corrected chi connectivity index (χ2v) is 8.07. The lowest BCUT2D eigenvalue weighted by atomic mass is 9.89. The van der Waals surface area contributed by atoms with E-state index in [1.165, 1.54) is 11.8 Å². The number of nitrogens with one attached hydrogen (secondary N) is 1. The van der Waals surface area contributed by atoms with Gasteiger partial charge in [-0.1, -0.05) is 6.07 Å². The zero-order valence-corrected chi connectivity index (χ0v) is 17.6. The van der Waals surface area contributed by atoms with Gasteiger partial charge >= 0.3 is 5.97 Å². The molecule has 2 atom stereocenters. The molecule has 6 heteroatoms. The van der Waals surface area contributed by atoms with Gasteiger partial charge in [0.05, 0.1) is 17.8 Å². The molecule has 3 aromatic rings. The summed E-state index contributed by atoms with van der Waals surface area (Å²) in [5.41, 5.74) is 6.00. The number of aryl methyl sites for hydroxylation is 2. The van der Waals surface area contributed by atoms with Crippen molar-refractivity contribution in [2.24, 2.45) is 0 Å². The molecular formula is C24H27N3O3. The number of hydrogen-bond acceptors (Lipinski definition) is 5. The minimum Gasteiger partial charge on any atom is -0.476 e. The third kappa shape index (κ3) is 4.00. The number of carbonyl (C=O) groups is 1. The van der Waals surface area contributed by atoms with E-state index in [9.17, 15) is 9.90 Å². The molecule has 30 heavy (non-hydrogen) atoms. The largest absolute Gasteiger partial charge is 0.476 e. The van der Waals surface area contributed by atoms with E-state index >= 15 is 0 Å². The maximum Gasteiger partial charge on any atom is 0.356 e. The van der Waals surface area contributed by atoms with Crippen molar-refractivity contribution in [1.82, 2.24) is 9.97 Å². The molecule has 0 saturated carbocycles. The molecule has 2 N–H and O–H groups in total. The molecule has 2 aromatic heterocycles. The second-order valence-electron chi connectivity index (χ2n) is 8.07. The summed E-state index contributed by atoms with van der Waals surface area (Å²) in [6.07, 6.45) is 3.67. The monoisotopic (exact) mass is 405 g/mol. The first-order valence-electron chi connectivity index (χ1n) is 10.4. The van der Waals surface area contributed by atoms with E-state index in [0.29, 0.717) is 11.6 Å². The van der Waals surface area contributed by atoms with Crippen LogP contribution < -0.4 is 5.32 Å². The number of anilines is 1. The van der Waals surface area contributed by atoms with Crippen molar-refractivity contribution in [3.05, 3.63) is 64.6 Å². The lowest BCUT2D eigenvalue weighted by Crippen LogP contribution is -2.17. The minimum absolute atomic E-state index is 0.0234. The molecule has 0 amide bonds. The smallest absolute Gasteiger partial charge is 0.356 e. The van der Waals surface area contributed by atoms with E-state index in [-0.39, 0.29) is 11.7 Å². The Bertz CT molecular complexity index is 1090. The predicted octanol–water partition coefficient (Wildman–Crippen LogP) is 5.01. The predicted molar refractivity (Wildman–Crippen MR) is 117 cm³/mol. The summed E-state index contributed by atoms with van der Waals surface area (Å²) in [5.74, 6) is -0.679. The zero-order chi connectivity index (χ0) is 21.3. The number of aromatic nitrogens is 2. The first-order chi connectivity index (χ1) is 14.4. The molecule has 0 aliphatic carbocycles. The minimum atomic E-state index is -1.05. The van der Waals surface area contributed by atoms with Crippen LogP contribution in [0.1, 0.15) is 64.6 Å². The molecule has 1 aliphatic heterocycles. The molecule has 4 rings (SSSR count). The Kier molecular flexibility index (Phi) is 5.68. The fraction of sp³-hybridized carbons (Fsp3) is 0.375. The van der Waals surface area contributed by atoms with E-state index in [4.69, 9.17) is 9.72 Å². The maximum atomic E-state index is 11.5. The van der Waals surface area contributed by atoms with E-state index in [1.54, 1.807) is 12.1 Å². The molecule has 6 nitrogen and oxygen atoms in total. The van der Waals surface area contributed by atoms with Gasteiger partial charge in [0.15, 0.2) is 5.69 Å². The molecule has 0 radical (unpaired) electrons. The zero-order valence-electron chi connectivity index (χ0n) is 17.6. The number of rotatable bonds is 5. The van der Waals surface area contributed by atoms with Crippen LogP contribution in [0.5, 0.6) is 0 Å². The summed E-state index contributed by atoms with van der Waals surface area (Å²) in [5, 5.41) is 13.9. The number of hydrogen-bond donors (Lipinski definition) is 2. The highest BCUT2D eigenvalue weighted by atomic mass is 16.5. The van der Waals surface area contributed by atoms with Crippen LogP contribution in [0, 0.1) is 13.8 Å². The van der Waals surface area contributed by atoms with Gasteiger partial charge in [0.2, 0.25) is 0 Å². The SMILES string of the molecule is Cc1cc([C@@H](C)Nc2cccnc2C(=O)O)c2cc([C@H]3CCCOC3)c(C)nc2c1. The van der Waals surface area contributed by atoms with Gasteiger partial charge in [0.25, 0.3) is 0 Å². The first kappa shape index (κ1) is 20.3. The van der Waals surface area contributed by atoms with Crippen molar-refractivity contribution in [2.45, 2.75) is 45.6 Å². The van der Waals surface area contributed by atoms with E-state index in [0.717, 1.165) is 53.8 Å². The topological polar surface area (TPSA) is 84.3 Å². The van der Waals surface area contributed by atoms with Gasteiger partial charge < -0.3 is 15.2 Å². The average molecular weight is 405 g/mol. The van der Waals surface area contributed by atoms with Crippen LogP contribution in [0.25, 0.3) is 10.9 Å². The highest BCUT2D eigenvalue weighted by molar-refractivity contribution is 5.92. The average Bonchev–Trinajstić information content (AvgIpc) is 2.73. The molecule has 1 fully saturated rings. The Morgan fingerprint density at radius 1 is 1.30 bits per heavy atom. The quantitative estimate of drug-likeness (QED) is 0.621. The number of benzene rings is 1. The van der Waals surface area contributed by atoms with Crippen molar-refractivity contribution >= 4 is 22.6 Å². The standard InChI is InChI=1S/C24H27N3O3/c1-14-10-19(16(3)26-21-7-4-8-25-23(21)24(28)29)20-12-18(15(2)27-22(20)11-14)17-6-5-9-30-13-17/h4,7-8,10-12,16-17,26H,5-6,9,13H2,1-3H3,(H,28,29)/t16-,17+/m1/s1. The third-order valence-electron chi connectivity index (χ3n) is 5.79. The summed E-state index contributed by atoms with van der Waals surface area (Å²) in [6.45, 7) is 7.74. The number of ether oxygens (including phenoxy) is 1. The lowest BCUT2D eigenvalue weighted by Gasteiger charge is -2.25. The van der Waals surface area contributed by atoms with Crippen LogP contribution in [0.15, 0.2) is 36.5 Å². The van der Waals surface area contributed by atoms with Crippen LogP contribution in [-0.4, -0.2) is 34.3 Å². The van der Waals surface area contributed by atoms with Crippen molar-refractivity contribution < 1.29 is 14.6 Å². The normalized spacial score (nSPS) is 17.6. The van der Waals surface area contributed by atoms with Crippen molar-refractivity contribution in [3.63, 3.8) is 0 Å². The molecule has 1 saturated heterocycles. The Balaban J connectivity index is 1.76. The number of pyridine rings is 2. The number of carboxylic acids is 1. The highest BCUT2D eigenvalue weighted by Gasteiger charge is 2.21. The summed E-state index contributed by atoms with van der Waals surface area (Å²) >= 11 is 0. The number of carboxylic acid groups (broad SMARTS) is 1. The van der Waals surface area contributed by atoms with Gasteiger partial charge in [-0.15, -0.1) is 0 Å². The number of nitrogens with zero attached hydrogens (tertiary/aromatic N) is 2. The maximum absolute atomic E-state index is 11.5. The van der Waals surface area contributed by atoms with Crippen LogP contribution in [0.3, 0.4) is 0 Å². The fourth-order valence-electron chi connectivity index (χ4n) is 4.32. The van der Waals surface area contributed by atoms with Crippen molar-refractivity contribution in [3.8, 4) is 0 Å². The van der Waals surface area contributed by atoms with Gasteiger partial charge in [-0.05, 0) is 74.6 Å². The second kappa shape index (κ2) is 8.40. The molecule has 1 aliphatic rings. The molecule has 156 valence electrons. The summed E-state index contributed by atoms with van der Waals surface area (Å²) < 4.78 is 5.71. The first-order valence-corrected chi connectivity index (χ1v) is 10.4. The van der Waals surface area contributed by atoms with Crippen molar-refractivity contribution in [1.29, 1.82) is 0 Å².